The minimum absolute atomic E-state index is 0.323. The average molecular weight is 289 g/mol. The van der Waals surface area contributed by atoms with Gasteiger partial charge in [-0.1, -0.05) is 0 Å². The topological polar surface area (TPSA) is 110 Å². The normalized spacial score (nSPS) is 16.9. The van der Waals surface area contributed by atoms with Gasteiger partial charge in [-0.25, -0.2) is 10.8 Å². The lowest BCUT2D eigenvalue weighted by Crippen LogP contribution is -2.37. The van der Waals surface area contributed by atoms with Crippen molar-refractivity contribution in [1.82, 2.24) is 29.4 Å². The molecule has 0 atom stereocenters. The molecule has 2 aromatic heterocycles. The van der Waals surface area contributed by atoms with Crippen molar-refractivity contribution >= 4 is 11.9 Å². The molecule has 9 nitrogen and oxygen atoms in total. The third-order valence-corrected chi connectivity index (χ3v) is 3.54. The SMILES string of the molecule is CN1CCC(Nc2nc(NN)nc(-n3ccnc3)n2)CC1. The number of nitrogens with zero attached hydrogens (tertiary/aromatic N) is 6. The number of aromatic nitrogens is 5. The molecule has 1 fully saturated rings. The van der Waals surface area contributed by atoms with Gasteiger partial charge in [0.05, 0.1) is 0 Å². The lowest BCUT2D eigenvalue weighted by atomic mass is 10.1. The zero-order chi connectivity index (χ0) is 14.7. The van der Waals surface area contributed by atoms with Gasteiger partial charge in [-0.3, -0.25) is 9.99 Å². The summed E-state index contributed by atoms with van der Waals surface area (Å²) < 4.78 is 1.71. The highest BCUT2D eigenvalue weighted by atomic mass is 15.4. The van der Waals surface area contributed by atoms with Crippen molar-refractivity contribution in [3.05, 3.63) is 18.7 Å². The summed E-state index contributed by atoms with van der Waals surface area (Å²) in [4.78, 5) is 19.2. The standard InChI is InChI=1S/C12H19N9/c1-20-5-2-9(3-6-20)15-10-16-11(19-13)18-12(17-10)21-7-4-14-8-21/h4,7-9H,2-3,5-6,13H2,1H3,(H2,15,16,17,18,19). The van der Waals surface area contributed by atoms with Crippen LogP contribution in [0.1, 0.15) is 12.8 Å². The van der Waals surface area contributed by atoms with Gasteiger partial charge in [0.15, 0.2) is 0 Å². The summed E-state index contributed by atoms with van der Waals surface area (Å²) in [5.41, 5.74) is 2.47. The molecule has 2 aromatic rings. The fourth-order valence-corrected chi connectivity index (χ4v) is 2.32. The maximum atomic E-state index is 5.43. The first-order valence-electron chi connectivity index (χ1n) is 6.90. The van der Waals surface area contributed by atoms with Crippen molar-refractivity contribution < 1.29 is 0 Å². The van der Waals surface area contributed by atoms with E-state index in [4.69, 9.17) is 5.84 Å². The smallest absolute Gasteiger partial charge is 0.243 e. The summed E-state index contributed by atoms with van der Waals surface area (Å²) >= 11 is 0. The van der Waals surface area contributed by atoms with Crippen LogP contribution in [0.15, 0.2) is 18.7 Å². The second kappa shape index (κ2) is 6.02. The second-order valence-electron chi connectivity index (χ2n) is 5.12. The van der Waals surface area contributed by atoms with Gasteiger partial charge < -0.3 is 10.2 Å². The summed E-state index contributed by atoms with van der Waals surface area (Å²) in [7, 11) is 2.13. The maximum Gasteiger partial charge on any atom is 0.243 e. The molecule has 0 amide bonds. The number of anilines is 2. The number of nitrogens with one attached hydrogen (secondary N) is 2. The van der Waals surface area contributed by atoms with Crippen LogP contribution in [0.3, 0.4) is 0 Å². The molecule has 4 N–H and O–H groups in total. The van der Waals surface area contributed by atoms with Gasteiger partial charge in [0, 0.05) is 18.4 Å². The molecule has 9 heteroatoms. The van der Waals surface area contributed by atoms with Crippen molar-refractivity contribution in [3.8, 4) is 5.95 Å². The van der Waals surface area contributed by atoms with Crippen LogP contribution in [0.2, 0.25) is 0 Å². The van der Waals surface area contributed by atoms with Gasteiger partial charge in [-0.15, -0.1) is 0 Å². The fraction of sp³-hybridized carbons (Fsp3) is 0.500. The van der Waals surface area contributed by atoms with Gasteiger partial charge in [0.25, 0.3) is 0 Å². The number of imidazole rings is 1. The van der Waals surface area contributed by atoms with E-state index in [1.165, 1.54) is 0 Å². The number of piperidine rings is 1. The second-order valence-corrected chi connectivity index (χ2v) is 5.12. The molecule has 3 rings (SSSR count). The maximum absolute atomic E-state index is 5.43. The van der Waals surface area contributed by atoms with E-state index >= 15 is 0 Å². The van der Waals surface area contributed by atoms with Gasteiger partial charge >= 0.3 is 0 Å². The third kappa shape index (κ3) is 3.26. The quantitative estimate of drug-likeness (QED) is 0.526. The fourth-order valence-electron chi connectivity index (χ4n) is 2.32. The number of nitrogens with two attached hydrogens (primary N) is 1. The number of hydrazine groups is 1. The first-order chi connectivity index (χ1) is 10.2. The van der Waals surface area contributed by atoms with Crippen molar-refractivity contribution in [3.63, 3.8) is 0 Å². The highest BCUT2D eigenvalue weighted by Crippen LogP contribution is 2.15. The van der Waals surface area contributed by atoms with E-state index in [0.29, 0.717) is 23.9 Å². The molecular weight excluding hydrogens is 270 g/mol. The van der Waals surface area contributed by atoms with E-state index in [1.807, 2.05) is 0 Å². The molecule has 112 valence electrons. The molecule has 0 aromatic carbocycles. The largest absolute Gasteiger partial charge is 0.351 e. The Morgan fingerprint density at radius 1 is 1.19 bits per heavy atom. The van der Waals surface area contributed by atoms with Crippen LogP contribution in [0, 0.1) is 0 Å². The molecule has 0 bridgehead atoms. The summed E-state index contributed by atoms with van der Waals surface area (Å²) in [6.07, 6.45) is 7.20. The van der Waals surface area contributed by atoms with Gasteiger partial charge in [-0.05, 0) is 33.0 Å². The molecule has 0 spiro atoms. The van der Waals surface area contributed by atoms with Crippen LogP contribution in [0.25, 0.3) is 5.95 Å². The number of rotatable bonds is 4. The molecule has 0 aliphatic carbocycles. The Morgan fingerprint density at radius 2 is 1.95 bits per heavy atom. The van der Waals surface area contributed by atoms with E-state index in [2.05, 4.69) is 42.6 Å². The van der Waals surface area contributed by atoms with Crippen LogP contribution < -0.4 is 16.6 Å². The van der Waals surface area contributed by atoms with Crippen molar-refractivity contribution in [2.45, 2.75) is 18.9 Å². The highest BCUT2D eigenvalue weighted by molar-refractivity contribution is 5.38. The Balaban J connectivity index is 1.79. The Bertz CT molecular complexity index is 574. The first kappa shape index (κ1) is 13.7. The Hall–Kier alpha value is -2.26. The van der Waals surface area contributed by atoms with E-state index in [1.54, 1.807) is 23.3 Å². The molecule has 0 radical (unpaired) electrons. The number of hydrogen-bond donors (Lipinski definition) is 3. The predicted molar refractivity (Wildman–Crippen MR) is 78.9 cm³/mol. The number of likely N-dealkylation sites (tertiary alicyclic amines) is 1. The van der Waals surface area contributed by atoms with Crippen LogP contribution in [0.5, 0.6) is 0 Å². The molecule has 1 aliphatic heterocycles. The molecule has 0 unspecified atom stereocenters. The van der Waals surface area contributed by atoms with Gasteiger partial charge in [0.1, 0.15) is 6.33 Å². The Labute approximate surface area is 122 Å². The first-order valence-corrected chi connectivity index (χ1v) is 6.90. The zero-order valence-corrected chi connectivity index (χ0v) is 11.9. The lowest BCUT2D eigenvalue weighted by molar-refractivity contribution is 0.263. The molecular formula is C12H19N9. The predicted octanol–water partition coefficient (Wildman–Crippen LogP) is -0.151. The summed E-state index contributed by atoms with van der Waals surface area (Å²) in [5, 5.41) is 3.36. The molecule has 21 heavy (non-hydrogen) atoms. The van der Waals surface area contributed by atoms with Crippen molar-refractivity contribution in [1.29, 1.82) is 0 Å². The number of hydrogen-bond acceptors (Lipinski definition) is 8. The lowest BCUT2D eigenvalue weighted by Gasteiger charge is -2.29. The summed E-state index contributed by atoms with van der Waals surface area (Å²) in [6.45, 7) is 2.14. The molecule has 1 aliphatic rings. The average Bonchev–Trinajstić information content (AvgIpc) is 3.04. The van der Waals surface area contributed by atoms with Gasteiger partial charge in [0.2, 0.25) is 17.8 Å². The minimum atomic E-state index is 0.323. The summed E-state index contributed by atoms with van der Waals surface area (Å²) in [6, 6.07) is 0.366. The molecule has 1 saturated heterocycles. The highest BCUT2D eigenvalue weighted by Gasteiger charge is 2.18. The van der Waals surface area contributed by atoms with Crippen LogP contribution in [-0.4, -0.2) is 55.6 Å². The third-order valence-electron chi connectivity index (χ3n) is 3.54. The van der Waals surface area contributed by atoms with Crippen LogP contribution in [-0.2, 0) is 0 Å². The summed E-state index contributed by atoms with van der Waals surface area (Å²) in [5.74, 6) is 6.76. The van der Waals surface area contributed by atoms with E-state index < -0.39 is 0 Å². The van der Waals surface area contributed by atoms with Crippen LogP contribution in [0.4, 0.5) is 11.9 Å². The zero-order valence-electron chi connectivity index (χ0n) is 11.9. The number of nitrogen functional groups attached to an aromatic ring is 1. The molecule has 0 saturated carbocycles. The van der Waals surface area contributed by atoms with Crippen molar-refractivity contribution in [2.24, 2.45) is 5.84 Å². The van der Waals surface area contributed by atoms with Crippen molar-refractivity contribution in [2.75, 3.05) is 30.9 Å². The molecule has 3 heterocycles. The van der Waals surface area contributed by atoms with E-state index in [9.17, 15) is 0 Å². The van der Waals surface area contributed by atoms with E-state index in [0.717, 1.165) is 25.9 Å². The minimum Gasteiger partial charge on any atom is -0.351 e. The Kier molecular flexibility index (Phi) is 3.93. The van der Waals surface area contributed by atoms with Gasteiger partial charge in [-0.2, -0.15) is 15.0 Å². The van der Waals surface area contributed by atoms with E-state index in [-0.39, 0.29) is 0 Å². The van der Waals surface area contributed by atoms with Crippen LogP contribution >= 0.6 is 0 Å². The monoisotopic (exact) mass is 289 g/mol. The Morgan fingerprint density at radius 3 is 2.62 bits per heavy atom.